The maximum Gasteiger partial charge on any atom is 0.128 e. The molecule has 0 fully saturated rings. The number of anilines is 1. The molecule has 3 heteroatoms. The second-order valence-electron chi connectivity index (χ2n) is 4.22. The Kier molecular flexibility index (Phi) is 4.58. The van der Waals surface area contributed by atoms with Crippen LogP contribution in [0.1, 0.15) is 26.3 Å². The van der Waals surface area contributed by atoms with Gasteiger partial charge in [0.15, 0.2) is 0 Å². The van der Waals surface area contributed by atoms with Gasteiger partial charge in [0, 0.05) is 23.8 Å². The maximum atomic E-state index is 4.44. The van der Waals surface area contributed by atoms with Crippen molar-refractivity contribution in [3.8, 4) is 0 Å². The zero-order valence-corrected chi connectivity index (χ0v) is 11.5. The molecule has 2 nitrogen and oxygen atoms in total. The lowest BCUT2D eigenvalue weighted by Gasteiger charge is -2.24. The minimum Gasteiger partial charge on any atom is -0.357 e. The number of pyridine rings is 1. The van der Waals surface area contributed by atoms with Crippen LogP contribution >= 0.6 is 15.9 Å². The maximum absolute atomic E-state index is 4.44. The van der Waals surface area contributed by atoms with E-state index in [1.165, 1.54) is 5.56 Å². The second kappa shape index (κ2) is 5.50. The Morgan fingerprint density at radius 3 is 2.60 bits per heavy atom. The third-order valence-electron chi connectivity index (χ3n) is 2.32. The van der Waals surface area contributed by atoms with Gasteiger partial charge in [0.2, 0.25) is 0 Å². The number of halogens is 1. The number of aromatic nitrogens is 1. The molecule has 1 rings (SSSR count). The molecular weight excluding hydrogens is 252 g/mol. The van der Waals surface area contributed by atoms with Crippen LogP contribution < -0.4 is 4.90 Å². The highest BCUT2D eigenvalue weighted by atomic mass is 79.9. The van der Waals surface area contributed by atoms with Gasteiger partial charge in [-0.05, 0) is 47.3 Å². The fourth-order valence-electron chi connectivity index (χ4n) is 1.52. The van der Waals surface area contributed by atoms with Gasteiger partial charge < -0.3 is 4.90 Å². The summed E-state index contributed by atoms with van der Waals surface area (Å²) in [6.45, 7) is 10.8. The molecule has 1 heterocycles. The van der Waals surface area contributed by atoms with Crippen LogP contribution in [0.15, 0.2) is 16.7 Å². The van der Waals surface area contributed by atoms with E-state index in [0.29, 0.717) is 5.92 Å². The van der Waals surface area contributed by atoms with Gasteiger partial charge in [-0.1, -0.05) is 13.8 Å². The predicted octanol–water partition coefficient (Wildman–Crippen LogP) is 3.63. The predicted molar refractivity (Wildman–Crippen MR) is 69.4 cm³/mol. The van der Waals surface area contributed by atoms with Crippen LogP contribution in [0.4, 0.5) is 5.82 Å². The molecule has 0 aliphatic heterocycles. The molecule has 0 aliphatic rings. The molecule has 0 aliphatic carbocycles. The molecule has 1 aromatic heterocycles. The van der Waals surface area contributed by atoms with Gasteiger partial charge in [-0.15, -0.1) is 0 Å². The van der Waals surface area contributed by atoms with Gasteiger partial charge >= 0.3 is 0 Å². The minimum atomic E-state index is 0.663. The number of hydrogen-bond donors (Lipinski definition) is 0. The van der Waals surface area contributed by atoms with Gasteiger partial charge in [-0.2, -0.15) is 0 Å². The topological polar surface area (TPSA) is 16.1 Å². The molecule has 0 unspecified atom stereocenters. The van der Waals surface area contributed by atoms with E-state index in [1.807, 2.05) is 6.20 Å². The first-order chi connectivity index (χ1) is 7.04. The minimum absolute atomic E-state index is 0.663. The summed E-state index contributed by atoms with van der Waals surface area (Å²) in [5.41, 5.74) is 1.24. The van der Waals surface area contributed by atoms with Crippen molar-refractivity contribution in [1.29, 1.82) is 0 Å². The zero-order chi connectivity index (χ0) is 11.4. The highest BCUT2D eigenvalue weighted by molar-refractivity contribution is 9.10. The Morgan fingerprint density at radius 1 is 1.47 bits per heavy atom. The lowest BCUT2D eigenvalue weighted by molar-refractivity contribution is 0.614. The van der Waals surface area contributed by atoms with Crippen LogP contribution in [0.25, 0.3) is 0 Å². The molecule has 0 radical (unpaired) electrons. The second-order valence-corrected chi connectivity index (χ2v) is 5.08. The van der Waals surface area contributed by atoms with E-state index < -0.39 is 0 Å². The molecule has 1 aromatic rings. The van der Waals surface area contributed by atoms with E-state index in [-0.39, 0.29) is 0 Å². The zero-order valence-electron chi connectivity index (χ0n) is 9.92. The summed E-state index contributed by atoms with van der Waals surface area (Å²) in [6.07, 6.45) is 1.88. The Morgan fingerprint density at radius 2 is 2.13 bits per heavy atom. The SMILES string of the molecule is CCN(CC(C)C)c1cc(C)c(Br)cn1. The van der Waals surface area contributed by atoms with Crippen molar-refractivity contribution < 1.29 is 0 Å². The number of rotatable bonds is 4. The molecule has 0 amide bonds. The van der Waals surface area contributed by atoms with Crippen LogP contribution in [0.5, 0.6) is 0 Å². The standard InChI is InChI=1S/C12H19BrN2/c1-5-15(8-9(2)3)12-6-10(4)11(13)7-14-12/h6-7,9H,5,8H2,1-4H3. The van der Waals surface area contributed by atoms with Crippen LogP contribution in [-0.4, -0.2) is 18.1 Å². The van der Waals surface area contributed by atoms with E-state index in [1.54, 1.807) is 0 Å². The van der Waals surface area contributed by atoms with Crippen molar-refractivity contribution >= 4 is 21.7 Å². The van der Waals surface area contributed by atoms with E-state index in [0.717, 1.165) is 23.4 Å². The van der Waals surface area contributed by atoms with E-state index in [9.17, 15) is 0 Å². The largest absolute Gasteiger partial charge is 0.357 e. The van der Waals surface area contributed by atoms with Crippen molar-refractivity contribution in [2.45, 2.75) is 27.7 Å². The molecular formula is C12H19BrN2. The average Bonchev–Trinajstić information content (AvgIpc) is 2.18. The van der Waals surface area contributed by atoms with Crippen LogP contribution in [0.2, 0.25) is 0 Å². The molecule has 0 aromatic carbocycles. The molecule has 0 spiro atoms. The molecule has 0 N–H and O–H groups in total. The van der Waals surface area contributed by atoms with Crippen molar-refractivity contribution in [3.63, 3.8) is 0 Å². The fourth-order valence-corrected chi connectivity index (χ4v) is 1.74. The van der Waals surface area contributed by atoms with Crippen molar-refractivity contribution in [2.24, 2.45) is 5.92 Å². The lowest BCUT2D eigenvalue weighted by Crippen LogP contribution is -2.28. The summed E-state index contributed by atoms with van der Waals surface area (Å²) in [6, 6.07) is 2.13. The molecule has 15 heavy (non-hydrogen) atoms. The summed E-state index contributed by atoms with van der Waals surface area (Å²) in [4.78, 5) is 6.75. The van der Waals surface area contributed by atoms with Gasteiger partial charge in [0.1, 0.15) is 5.82 Å². The van der Waals surface area contributed by atoms with Crippen LogP contribution in [0, 0.1) is 12.8 Å². The smallest absolute Gasteiger partial charge is 0.128 e. The van der Waals surface area contributed by atoms with Gasteiger partial charge in [-0.25, -0.2) is 4.98 Å². The van der Waals surface area contributed by atoms with E-state index in [4.69, 9.17) is 0 Å². The first-order valence-corrected chi connectivity index (χ1v) is 6.21. The van der Waals surface area contributed by atoms with Crippen molar-refractivity contribution in [2.75, 3.05) is 18.0 Å². The van der Waals surface area contributed by atoms with Crippen molar-refractivity contribution in [3.05, 3.63) is 22.3 Å². The third-order valence-corrected chi connectivity index (χ3v) is 3.15. The first kappa shape index (κ1) is 12.5. The quantitative estimate of drug-likeness (QED) is 0.831. The first-order valence-electron chi connectivity index (χ1n) is 5.41. The van der Waals surface area contributed by atoms with Gasteiger partial charge in [0.05, 0.1) is 0 Å². The van der Waals surface area contributed by atoms with E-state index in [2.05, 4.69) is 59.6 Å². The molecule has 0 saturated carbocycles. The Bertz CT molecular complexity index is 323. The molecule has 0 bridgehead atoms. The highest BCUT2D eigenvalue weighted by Crippen LogP contribution is 2.20. The highest BCUT2D eigenvalue weighted by Gasteiger charge is 2.08. The summed E-state index contributed by atoms with van der Waals surface area (Å²) < 4.78 is 1.08. The number of hydrogen-bond acceptors (Lipinski definition) is 2. The summed E-state index contributed by atoms with van der Waals surface area (Å²) in [5, 5.41) is 0. The lowest BCUT2D eigenvalue weighted by atomic mass is 10.2. The summed E-state index contributed by atoms with van der Waals surface area (Å²) in [7, 11) is 0. The molecule has 0 atom stereocenters. The van der Waals surface area contributed by atoms with Gasteiger partial charge in [0.25, 0.3) is 0 Å². The number of aryl methyl sites for hydroxylation is 1. The number of nitrogens with zero attached hydrogens (tertiary/aromatic N) is 2. The molecule has 0 saturated heterocycles. The van der Waals surface area contributed by atoms with Crippen LogP contribution in [0.3, 0.4) is 0 Å². The normalized spacial score (nSPS) is 10.8. The Balaban J connectivity index is 2.87. The Labute approximate surface area is 101 Å². The molecule has 84 valence electrons. The average molecular weight is 271 g/mol. The van der Waals surface area contributed by atoms with Gasteiger partial charge in [-0.3, -0.25) is 0 Å². The summed E-state index contributed by atoms with van der Waals surface area (Å²) in [5.74, 6) is 1.74. The fraction of sp³-hybridized carbons (Fsp3) is 0.583. The summed E-state index contributed by atoms with van der Waals surface area (Å²) >= 11 is 3.47. The van der Waals surface area contributed by atoms with E-state index >= 15 is 0 Å². The Hall–Kier alpha value is -0.570. The third kappa shape index (κ3) is 3.49. The monoisotopic (exact) mass is 270 g/mol. The van der Waals surface area contributed by atoms with Crippen molar-refractivity contribution in [1.82, 2.24) is 4.98 Å². The van der Waals surface area contributed by atoms with Crippen LogP contribution in [-0.2, 0) is 0 Å².